The predicted molar refractivity (Wildman–Crippen MR) is 82.6 cm³/mol. The summed E-state index contributed by atoms with van der Waals surface area (Å²) in [5.74, 6) is -0.379. The van der Waals surface area contributed by atoms with Crippen molar-refractivity contribution < 1.29 is 14.6 Å². The molecule has 1 aromatic rings. The van der Waals surface area contributed by atoms with Gasteiger partial charge in [-0.2, -0.15) is 0 Å². The van der Waals surface area contributed by atoms with Crippen LogP contribution in [0, 0.1) is 3.57 Å². The van der Waals surface area contributed by atoms with Crippen molar-refractivity contribution in [1.82, 2.24) is 0 Å². The number of hydrogen-bond donors (Lipinski definition) is 2. The number of carbonyl (C=O) groups excluding carboxylic acids is 1. The lowest BCUT2D eigenvalue weighted by molar-refractivity contribution is -0.145. The van der Waals surface area contributed by atoms with Crippen molar-refractivity contribution in [2.24, 2.45) is 0 Å². The molecule has 0 aliphatic rings. The Kier molecular flexibility index (Phi) is 6.95. The zero-order valence-corrected chi connectivity index (χ0v) is 13.7. The van der Waals surface area contributed by atoms with E-state index in [1.165, 1.54) is 0 Å². The van der Waals surface area contributed by atoms with Crippen molar-refractivity contribution in [3.63, 3.8) is 0 Å². The average Bonchev–Trinajstić information content (AvgIpc) is 2.31. The van der Waals surface area contributed by atoms with Crippen LogP contribution in [0.15, 0.2) is 22.7 Å². The molecule has 0 aromatic heterocycles. The van der Waals surface area contributed by atoms with Gasteiger partial charge in [-0.25, -0.2) is 0 Å². The molecule has 1 aromatic carbocycles. The molecule has 1 rings (SSSR count). The molecule has 0 bridgehead atoms. The van der Waals surface area contributed by atoms with Crippen LogP contribution >= 0.6 is 38.5 Å². The lowest BCUT2D eigenvalue weighted by atomic mass is 10.2. The summed E-state index contributed by atoms with van der Waals surface area (Å²) in [6.45, 7) is 2.39. The molecule has 0 fully saturated rings. The van der Waals surface area contributed by atoms with Gasteiger partial charge in [0.25, 0.3) is 0 Å². The van der Waals surface area contributed by atoms with E-state index in [4.69, 9.17) is 4.74 Å². The molecule has 1 atom stereocenters. The quantitative estimate of drug-likeness (QED) is 0.541. The van der Waals surface area contributed by atoms with E-state index in [2.05, 4.69) is 43.8 Å². The summed E-state index contributed by atoms with van der Waals surface area (Å²) in [6.07, 6.45) is -0.742. The lowest BCUT2D eigenvalue weighted by Gasteiger charge is -2.12. The number of rotatable bonds is 6. The van der Waals surface area contributed by atoms with E-state index in [0.717, 1.165) is 13.7 Å². The second kappa shape index (κ2) is 7.96. The number of aliphatic hydroxyl groups is 1. The minimum atomic E-state index is -0.748. The number of benzene rings is 1. The standard InChI is InChI=1S/C12H15BrINO3/c1-2-18-12(17)6-9(16)7-15-8-3-4-11(14)10(13)5-8/h3-5,9,15-16H,2,6-7H2,1H3. The van der Waals surface area contributed by atoms with Crippen molar-refractivity contribution >= 4 is 50.2 Å². The number of halogens is 2. The molecule has 0 saturated heterocycles. The third-order valence-corrected chi connectivity index (χ3v) is 4.51. The molecule has 0 aliphatic heterocycles. The molecule has 0 radical (unpaired) electrons. The number of esters is 1. The van der Waals surface area contributed by atoms with Gasteiger partial charge < -0.3 is 15.2 Å². The molecule has 0 amide bonds. The average molecular weight is 428 g/mol. The molecular formula is C12H15BrINO3. The molecule has 0 aliphatic carbocycles. The van der Waals surface area contributed by atoms with Crippen molar-refractivity contribution in [2.45, 2.75) is 19.4 Å². The van der Waals surface area contributed by atoms with Gasteiger partial charge in [-0.15, -0.1) is 0 Å². The fourth-order valence-electron chi connectivity index (χ4n) is 1.33. The van der Waals surface area contributed by atoms with Crippen LogP contribution in [0.5, 0.6) is 0 Å². The number of nitrogens with one attached hydrogen (secondary N) is 1. The summed E-state index contributed by atoms with van der Waals surface area (Å²) in [6, 6.07) is 5.81. The fourth-order valence-corrected chi connectivity index (χ4v) is 2.04. The second-order valence-electron chi connectivity index (χ2n) is 3.67. The van der Waals surface area contributed by atoms with E-state index < -0.39 is 6.10 Å². The van der Waals surface area contributed by atoms with Crippen LogP contribution in [0.25, 0.3) is 0 Å². The maximum absolute atomic E-state index is 11.1. The van der Waals surface area contributed by atoms with E-state index in [-0.39, 0.29) is 12.4 Å². The highest BCUT2D eigenvalue weighted by molar-refractivity contribution is 14.1. The fraction of sp³-hybridized carbons (Fsp3) is 0.417. The van der Waals surface area contributed by atoms with Crippen LogP contribution in [-0.2, 0) is 9.53 Å². The van der Waals surface area contributed by atoms with E-state index >= 15 is 0 Å². The van der Waals surface area contributed by atoms with Gasteiger partial charge in [-0.05, 0) is 63.6 Å². The second-order valence-corrected chi connectivity index (χ2v) is 5.69. The molecule has 4 nitrogen and oxygen atoms in total. The molecular weight excluding hydrogens is 413 g/mol. The summed E-state index contributed by atoms with van der Waals surface area (Å²) < 4.78 is 6.87. The Morgan fingerprint density at radius 1 is 1.61 bits per heavy atom. The maximum atomic E-state index is 11.1. The molecule has 0 spiro atoms. The largest absolute Gasteiger partial charge is 0.466 e. The van der Waals surface area contributed by atoms with Gasteiger partial charge in [0.1, 0.15) is 0 Å². The maximum Gasteiger partial charge on any atom is 0.308 e. The number of ether oxygens (including phenoxy) is 1. The molecule has 1 unspecified atom stereocenters. The van der Waals surface area contributed by atoms with Gasteiger partial charge in [0.15, 0.2) is 0 Å². The SMILES string of the molecule is CCOC(=O)CC(O)CNc1ccc(I)c(Br)c1. The molecule has 18 heavy (non-hydrogen) atoms. The summed E-state index contributed by atoms with van der Waals surface area (Å²) in [5.41, 5.74) is 0.894. The molecule has 6 heteroatoms. The minimum absolute atomic E-state index is 0.00633. The Morgan fingerprint density at radius 2 is 2.33 bits per heavy atom. The van der Waals surface area contributed by atoms with Crippen LogP contribution < -0.4 is 5.32 Å². The summed E-state index contributed by atoms with van der Waals surface area (Å²) >= 11 is 5.65. The van der Waals surface area contributed by atoms with E-state index in [1.54, 1.807) is 6.92 Å². The Balaban J connectivity index is 2.40. The highest BCUT2D eigenvalue weighted by atomic mass is 127. The number of anilines is 1. The summed E-state index contributed by atoms with van der Waals surface area (Å²) in [4.78, 5) is 11.1. The number of carbonyl (C=O) groups is 1. The van der Waals surface area contributed by atoms with Crippen molar-refractivity contribution in [2.75, 3.05) is 18.5 Å². The highest BCUT2D eigenvalue weighted by Crippen LogP contribution is 2.22. The first-order chi connectivity index (χ1) is 8.52. The van der Waals surface area contributed by atoms with Gasteiger partial charge in [0.05, 0.1) is 19.1 Å². The van der Waals surface area contributed by atoms with E-state index in [0.29, 0.717) is 13.2 Å². The van der Waals surface area contributed by atoms with Crippen LogP contribution in [0.4, 0.5) is 5.69 Å². The zero-order chi connectivity index (χ0) is 13.5. The Bertz CT molecular complexity index is 414. The first-order valence-corrected chi connectivity index (χ1v) is 7.42. The van der Waals surface area contributed by atoms with Gasteiger partial charge in [0.2, 0.25) is 0 Å². The van der Waals surface area contributed by atoms with Crippen LogP contribution in [0.3, 0.4) is 0 Å². The van der Waals surface area contributed by atoms with Gasteiger partial charge in [0, 0.05) is 20.3 Å². The number of hydrogen-bond acceptors (Lipinski definition) is 4. The number of aliphatic hydroxyl groups excluding tert-OH is 1. The van der Waals surface area contributed by atoms with Crippen molar-refractivity contribution in [3.05, 3.63) is 26.2 Å². The monoisotopic (exact) mass is 427 g/mol. The summed E-state index contributed by atoms with van der Waals surface area (Å²) in [5, 5.41) is 12.7. The third kappa shape index (κ3) is 5.53. The van der Waals surface area contributed by atoms with Crippen molar-refractivity contribution in [1.29, 1.82) is 0 Å². The Labute approximate surface area is 128 Å². The molecule has 100 valence electrons. The van der Waals surface area contributed by atoms with Crippen molar-refractivity contribution in [3.8, 4) is 0 Å². The van der Waals surface area contributed by atoms with Gasteiger partial charge in [-0.1, -0.05) is 0 Å². The Hall–Kier alpha value is -0.340. The summed E-state index contributed by atoms with van der Waals surface area (Å²) in [7, 11) is 0. The van der Waals surface area contributed by atoms with E-state index in [1.807, 2.05) is 18.2 Å². The lowest BCUT2D eigenvalue weighted by Crippen LogP contribution is -2.23. The Morgan fingerprint density at radius 3 is 2.94 bits per heavy atom. The smallest absolute Gasteiger partial charge is 0.308 e. The van der Waals surface area contributed by atoms with Crippen LogP contribution in [0.1, 0.15) is 13.3 Å². The van der Waals surface area contributed by atoms with Crippen LogP contribution in [0.2, 0.25) is 0 Å². The molecule has 2 N–H and O–H groups in total. The molecule has 0 saturated carbocycles. The topological polar surface area (TPSA) is 58.6 Å². The predicted octanol–water partition coefficient (Wildman–Crippen LogP) is 2.78. The first-order valence-electron chi connectivity index (χ1n) is 5.55. The minimum Gasteiger partial charge on any atom is -0.466 e. The molecule has 0 heterocycles. The van der Waals surface area contributed by atoms with Gasteiger partial charge in [-0.3, -0.25) is 4.79 Å². The third-order valence-electron chi connectivity index (χ3n) is 2.17. The van der Waals surface area contributed by atoms with E-state index in [9.17, 15) is 9.90 Å². The van der Waals surface area contributed by atoms with Crippen LogP contribution in [-0.4, -0.2) is 30.3 Å². The zero-order valence-electron chi connectivity index (χ0n) is 9.95. The first kappa shape index (κ1) is 15.7. The highest BCUT2D eigenvalue weighted by Gasteiger charge is 2.11. The van der Waals surface area contributed by atoms with Gasteiger partial charge >= 0.3 is 5.97 Å². The normalized spacial score (nSPS) is 12.0.